The van der Waals surface area contributed by atoms with Crippen LogP contribution in [0, 0.1) is 0 Å². The molecule has 0 amide bonds. The Morgan fingerprint density at radius 3 is 0.487 bits per heavy atom. The monoisotopic (exact) mass is 1190 g/mol. The summed E-state index contributed by atoms with van der Waals surface area (Å²) in [6.45, 7) is 16.8. The molecule has 0 N–H and O–H groups in total. The Balaban J connectivity index is 0. The Bertz CT molecular complexity index is 1350. The van der Waals surface area contributed by atoms with Crippen LogP contribution in [-0.2, 0) is 28.2 Å². The van der Waals surface area contributed by atoms with E-state index in [9.17, 15) is 16.8 Å². The average molecular weight is 1190 g/mol. The maximum atomic E-state index is 13.9. The molecular formula is C68H146O6P2S2. The van der Waals surface area contributed by atoms with Crippen LogP contribution in [0.15, 0.2) is 0 Å². The molecule has 0 aromatic carbocycles. The molecule has 0 radical (unpaired) electrons. The molecule has 0 aliphatic carbocycles. The summed E-state index contributed by atoms with van der Waals surface area (Å²) >= 11 is 0. The zero-order valence-electron chi connectivity index (χ0n) is 55.2. The SMILES string of the molecule is CCCCCCCCP(CCCCCCCC)(CCCCCCCC)(CCCCCCCC)OS(=O)(=O)CCCCCC.CCCCCCS(=O)(=O)OP(CCCCCC)(CCCCCC)(CCCCCC)CCCCCC. The van der Waals surface area contributed by atoms with Crippen LogP contribution in [0.1, 0.15) is 377 Å². The summed E-state index contributed by atoms with van der Waals surface area (Å²) in [6.07, 6.45) is 66.1. The van der Waals surface area contributed by atoms with Crippen LogP contribution in [0.4, 0.5) is 0 Å². The van der Waals surface area contributed by atoms with Crippen LogP contribution in [0.5, 0.6) is 0 Å². The molecule has 476 valence electrons. The number of hydrogen-bond donors (Lipinski definition) is 0. The van der Waals surface area contributed by atoms with Crippen molar-refractivity contribution in [1.29, 1.82) is 0 Å². The van der Waals surface area contributed by atoms with E-state index >= 15 is 0 Å². The van der Waals surface area contributed by atoms with Gasteiger partial charge in [-0.2, -0.15) is 0 Å². The van der Waals surface area contributed by atoms with Gasteiger partial charge in [0.15, 0.2) is 0 Å². The van der Waals surface area contributed by atoms with E-state index in [1.165, 1.54) is 205 Å². The van der Waals surface area contributed by atoms with E-state index in [4.69, 9.17) is 7.94 Å². The molecule has 0 unspecified atom stereocenters. The summed E-state index contributed by atoms with van der Waals surface area (Å²) in [7, 11) is -7.02. The summed E-state index contributed by atoms with van der Waals surface area (Å²) in [5.74, 6) is 0.448. The zero-order valence-corrected chi connectivity index (χ0v) is 58.6. The number of hydrogen-bond acceptors (Lipinski definition) is 6. The van der Waals surface area contributed by atoms with Gasteiger partial charge in [0, 0.05) is 0 Å². The van der Waals surface area contributed by atoms with Crippen molar-refractivity contribution in [2.45, 2.75) is 377 Å². The summed E-state index contributed by atoms with van der Waals surface area (Å²) in [4.78, 5) is 0. The van der Waals surface area contributed by atoms with E-state index in [0.29, 0.717) is 0 Å². The third kappa shape index (κ3) is 43.3. The normalized spacial score (nSPS) is 13.5. The van der Waals surface area contributed by atoms with Gasteiger partial charge in [0.1, 0.15) is 0 Å². The topological polar surface area (TPSA) is 86.7 Å². The predicted molar refractivity (Wildman–Crippen MR) is 361 cm³/mol. The first kappa shape index (κ1) is 80.7. The van der Waals surface area contributed by atoms with Crippen molar-refractivity contribution in [1.82, 2.24) is 0 Å². The summed E-state index contributed by atoms with van der Waals surface area (Å²) < 4.78 is 68.8. The van der Waals surface area contributed by atoms with Gasteiger partial charge in [0.2, 0.25) is 0 Å². The Hall–Kier alpha value is 0.680. The second-order valence-electron chi connectivity index (χ2n) is 25.6. The zero-order chi connectivity index (χ0) is 58.3. The minimum atomic E-state index is -3.53. The molecule has 6 nitrogen and oxygen atoms in total. The first-order valence-electron chi connectivity index (χ1n) is 35.5. The molecule has 0 aromatic rings. The fraction of sp³-hybridized carbons (Fsp3) is 1.00. The summed E-state index contributed by atoms with van der Waals surface area (Å²) in [5, 5.41) is 0. The van der Waals surface area contributed by atoms with Crippen LogP contribution in [0.2, 0.25) is 0 Å². The molecule has 0 heterocycles. The van der Waals surface area contributed by atoms with Gasteiger partial charge in [-0.1, -0.05) is 0 Å². The Morgan fingerprint density at radius 1 is 0.192 bits per heavy atom. The first-order chi connectivity index (χ1) is 37.6. The van der Waals surface area contributed by atoms with E-state index in [1.807, 2.05) is 0 Å². The van der Waals surface area contributed by atoms with Crippen molar-refractivity contribution in [2.75, 3.05) is 60.8 Å². The average Bonchev–Trinajstić information content (AvgIpc) is 3.42. The van der Waals surface area contributed by atoms with Gasteiger partial charge < -0.3 is 0 Å². The molecule has 0 rings (SSSR count). The maximum absolute atomic E-state index is 13.9. The number of unbranched alkanes of at least 4 members (excludes halogenated alkanes) is 38. The minimum absolute atomic E-state index is 0.221. The Morgan fingerprint density at radius 2 is 0.321 bits per heavy atom. The van der Waals surface area contributed by atoms with Gasteiger partial charge in [0.05, 0.1) is 0 Å². The molecule has 0 saturated heterocycles. The molecule has 0 spiro atoms. The molecule has 0 aliphatic heterocycles. The molecule has 0 aromatic heterocycles. The first-order valence-corrected chi connectivity index (χ1v) is 44.5. The van der Waals surface area contributed by atoms with Crippen LogP contribution < -0.4 is 0 Å². The van der Waals surface area contributed by atoms with E-state index in [1.54, 1.807) is 0 Å². The number of rotatable bonds is 62. The molecule has 10 heteroatoms. The van der Waals surface area contributed by atoms with Crippen molar-refractivity contribution >= 4 is 33.9 Å². The van der Waals surface area contributed by atoms with E-state index in [2.05, 4.69) is 69.2 Å². The summed E-state index contributed by atoms with van der Waals surface area (Å²) in [5.41, 5.74) is 0. The van der Waals surface area contributed by atoms with Crippen molar-refractivity contribution in [2.24, 2.45) is 0 Å². The fourth-order valence-corrected chi connectivity index (χ4v) is 32.8. The third-order valence-electron chi connectivity index (χ3n) is 17.8. The van der Waals surface area contributed by atoms with E-state index in [-0.39, 0.29) is 11.5 Å². The molecule has 0 aliphatic rings. The quantitative estimate of drug-likeness (QED) is 0.0445. The Labute approximate surface area is 494 Å². The van der Waals surface area contributed by atoms with Gasteiger partial charge in [-0.05, 0) is 0 Å². The van der Waals surface area contributed by atoms with Crippen molar-refractivity contribution in [3.63, 3.8) is 0 Å². The molecule has 78 heavy (non-hydrogen) atoms. The second-order valence-corrected chi connectivity index (χ2v) is 40.9. The predicted octanol–water partition coefficient (Wildman–Crippen LogP) is 24.5. The summed E-state index contributed by atoms with van der Waals surface area (Å²) in [6, 6.07) is 0. The second kappa shape index (κ2) is 53.2. The molecule has 0 atom stereocenters. The van der Waals surface area contributed by atoms with E-state index < -0.39 is 33.9 Å². The third-order valence-corrected chi connectivity index (χ3v) is 36.1. The standard InChI is InChI=1S/C38H81O3PS.C30H65O3PS/c1-6-11-16-21-25-29-34-42(35-30-26-22-17-12-7-2,36-31-27-23-18-13-8-3,37-32-28-24-19-14-9-4)41-43(39,40)38-33-20-15-10-5;1-6-11-16-21-26-34(27-22-17-12-7-2,28-23-18-13-8-3,29-24-19-14-9-4)33-35(31,32)30-25-20-15-10-5/h6-38H2,1-5H3;6-30H2,1-5H3. The van der Waals surface area contributed by atoms with Crippen LogP contribution in [0.25, 0.3) is 0 Å². The fourth-order valence-electron chi connectivity index (χ4n) is 12.7. The van der Waals surface area contributed by atoms with Crippen molar-refractivity contribution < 1.29 is 24.8 Å². The van der Waals surface area contributed by atoms with Crippen LogP contribution in [0.3, 0.4) is 0 Å². The van der Waals surface area contributed by atoms with Gasteiger partial charge in [-0.25, -0.2) is 0 Å². The van der Waals surface area contributed by atoms with Crippen molar-refractivity contribution in [3.05, 3.63) is 0 Å². The van der Waals surface area contributed by atoms with Crippen LogP contribution >= 0.6 is 13.7 Å². The van der Waals surface area contributed by atoms with Gasteiger partial charge in [-0.3, -0.25) is 0 Å². The van der Waals surface area contributed by atoms with Gasteiger partial charge >= 0.3 is 497 Å². The van der Waals surface area contributed by atoms with E-state index in [0.717, 1.165) is 152 Å². The van der Waals surface area contributed by atoms with Gasteiger partial charge in [-0.15, -0.1) is 0 Å². The molecular weight excluding hydrogens is 1040 g/mol. The Kier molecular flexibility index (Phi) is 55.0. The molecule has 0 bridgehead atoms. The van der Waals surface area contributed by atoms with Gasteiger partial charge in [0.25, 0.3) is 0 Å². The van der Waals surface area contributed by atoms with Crippen LogP contribution in [-0.4, -0.2) is 77.6 Å². The molecule has 0 saturated carbocycles. The molecule has 0 fully saturated rings. The van der Waals surface area contributed by atoms with Crippen molar-refractivity contribution in [3.8, 4) is 0 Å².